The molecule has 164 valence electrons. The number of ether oxygens (including phenoxy) is 2. The molecule has 1 unspecified atom stereocenters. The van der Waals surface area contributed by atoms with Crippen LogP contribution >= 0.6 is 0 Å². The van der Waals surface area contributed by atoms with Crippen molar-refractivity contribution in [2.75, 3.05) is 0 Å². The summed E-state index contributed by atoms with van der Waals surface area (Å²) in [5.41, 5.74) is -0.382. The molecule has 4 heteroatoms. The van der Waals surface area contributed by atoms with Crippen molar-refractivity contribution < 1.29 is 19.1 Å². The van der Waals surface area contributed by atoms with Gasteiger partial charge in [0.1, 0.15) is 11.7 Å². The first kappa shape index (κ1) is 26.7. The van der Waals surface area contributed by atoms with Gasteiger partial charge in [0.25, 0.3) is 0 Å². The Bertz CT molecular complexity index is 434. The second-order valence-electron chi connectivity index (χ2n) is 8.68. The lowest BCUT2D eigenvalue weighted by atomic mass is 10.1. The van der Waals surface area contributed by atoms with Crippen molar-refractivity contribution >= 4 is 11.9 Å². The summed E-state index contributed by atoms with van der Waals surface area (Å²) in [6.45, 7) is 9.40. The molecule has 0 spiro atoms. The predicted octanol–water partition coefficient (Wildman–Crippen LogP) is 6.91. The predicted molar refractivity (Wildman–Crippen MR) is 116 cm³/mol. The van der Waals surface area contributed by atoms with Crippen LogP contribution in [0.5, 0.6) is 0 Å². The van der Waals surface area contributed by atoms with Crippen LogP contribution in [0.3, 0.4) is 0 Å². The van der Waals surface area contributed by atoms with Crippen LogP contribution in [0.25, 0.3) is 0 Å². The first-order valence-electron chi connectivity index (χ1n) is 11.3. The molecular formula is C24H44O4. The zero-order valence-electron chi connectivity index (χ0n) is 19.1. The molecule has 0 heterocycles. The van der Waals surface area contributed by atoms with E-state index in [2.05, 4.69) is 19.1 Å². The van der Waals surface area contributed by atoms with Gasteiger partial charge in [0.2, 0.25) is 0 Å². The maximum atomic E-state index is 11.6. The van der Waals surface area contributed by atoms with E-state index in [0.717, 1.165) is 51.4 Å². The minimum Gasteiger partial charge on any atom is -0.462 e. The Balaban J connectivity index is 3.72. The van der Waals surface area contributed by atoms with Crippen LogP contribution in [0, 0.1) is 0 Å². The number of hydrogen-bond donors (Lipinski definition) is 0. The van der Waals surface area contributed by atoms with Crippen LogP contribution in [0.2, 0.25) is 0 Å². The summed E-state index contributed by atoms with van der Waals surface area (Å²) >= 11 is 0. The van der Waals surface area contributed by atoms with Crippen molar-refractivity contribution in [2.24, 2.45) is 0 Å². The van der Waals surface area contributed by atoms with E-state index in [1.807, 2.05) is 20.8 Å². The molecule has 0 aliphatic rings. The molecule has 0 saturated carbocycles. The number of carbonyl (C=O) groups is 2. The maximum Gasteiger partial charge on any atom is 0.306 e. The summed E-state index contributed by atoms with van der Waals surface area (Å²) in [7, 11) is 0. The number of allylic oxidation sites excluding steroid dienone is 1. The number of carbonyl (C=O) groups excluding carboxylic acids is 2. The van der Waals surface area contributed by atoms with Gasteiger partial charge in [0.15, 0.2) is 0 Å². The summed E-state index contributed by atoms with van der Waals surface area (Å²) in [5, 5.41) is 0. The van der Waals surface area contributed by atoms with Gasteiger partial charge in [0, 0.05) is 19.8 Å². The van der Waals surface area contributed by atoms with Gasteiger partial charge in [-0.25, -0.2) is 0 Å². The van der Waals surface area contributed by atoms with E-state index in [0.29, 0.717) is 6.42 Å². The van der Waals surface area contributed by atoms with Crippen LogP contribution in [-0.2, 0) is 19.1 Å². The third kappa shape index (κ3) is 19.4. The largest absolute Gasteiger partial charge is 0.462 e. The summed E-state index contributed by atoms with van der Waals surface area (Å²) in [5.74, 6) is -0.271. The van der Waals surface area contributed by atoms with E-state index >= 15 is 0 Å². The van der Waals surface area contributed by atoms with Gasteiger partial charge in [-0.2, -0.15) is 0 Å². The Morgan fingerprint density at radius 1 is 0.893 bits per heavy atom. The first-order valence-corrected chi connectivity index (χ1v) is 11.3. The van der Waals surface area contributed by atoms with Crippen molar-refractivity contribution in [3.05, 3.63) is 12.2 Å². The van der Waals surface area contributed by atoms with Crippen molar-refractivity contribution in [2.45, 2.75) is 130 Å². The molecule has 0 rings (SSSR count). The molecule has 28 heavy (non-hydrogen) atoms. The van der Waals surface area contributed by atoms with E-state index in [9.17, 15) is 9.59 Å². The smallest absolute Gasteiger partial charge is 0.306 e. The Morgan fingerprint density at radius 3 is 2.18 bits per heavy atom. The van der Waals surface area contributed by atoms with Crippen LogP contribution in [0.4, 0.5) is 0 Å². The number of unbranched alkanes of at least 4 members (excludes halogenated alkanes) is 8. The lowest BCUT2D eigenvalue weighted by Gasteiger charge is -2.19. The molecule has 0 aliphatic heterocycles. The van der Waals surface area contributed by atoms with Crippen molar-refractivity contribution in [3.63, 3.8) is 0 Å². The molecule has 0 fully saturated rings. The Hall–Kier alpha value is -1.32. The van der Waals surface area contributed by atoms with E-state index in [-0.39, 0.29) is 23.6 Å². The highest BCUT2D eigenvalue weighted by atomic mass is 16.6. The SMILES string of the molecule is CCCCCCC(C/C=C/CCCCCCCC(=O)OC(C)(C)C)OC(C)=O. The Kier molecular flexibility index (Phi) is 15.8. The average molecular weight is 397 g/mol. The third-order valence-electron chi connectivity index (χ3n) is 4.45. The molecule has 1 atom stereocenters. The molecule has 0 N–H and O–H groups in total. The van der Waals surface area contributed by atoms with E-state index in [4.69, 9.17) is 9.47 Å². The average Bonchev–Trinajstić information content (AvgIpc) is 2.58. The van der Waals surface area contributed by atoms with Crippen LogP contribution in [0.15, 0.2) is 12.2 Å². The monoisotopic (exact) mass is 396 g/mol. The second-order valence-corrected chi connectivity index (χ2v) is 8.68. The van der Waals surface area contributed by atoms with Gasteiger partial charge in [-0.3, -0.25) is 9.59 Å². The topological polar surface area (TPSA) is 52.6 Å². The quantitative estimate of drug-likeness (QED) is 0.162. The van der Waals surface area contributed by atoms with Crippen molar-refractivity contribution in [1.29, 1.82) is 0 Å². The molecule has 0 radical (unpaired) electrons. The lowest BCUT2D eigenvalue weighted by Crippen LogP contribution is -2.23. The molecule has 4 nitrogen and oxygen atoms in total. The Morgan fingerprint density at radius 2 is 1.54 bits per heavy atom. The van der Waals surface area contributed by atoms with E-state index < -0.39 is 0 Å². The minimum absolute atomic E-state index is 0.0264. The van der Waals surface area contributed by atoms with Gasteiger partial charge in [-0.05, 0) is 52.9 Å². The number of esters is 2. The van der Waals surface area contributed by atoms with Crippen LogP contribution < -0.4 is 0 Å². The van der Waals surface area contributed by atoms with Gasteiger partial charge in [0.05, 0.1) is 0 Å². The second kappa shape index (κ2) is 16.6. The maximum absolute atomic E-state index is 11.6. The highest BCUT2D eigenvalue weighted by molar-refractivity contribution is 5.69. The molecule has 0 aromatic rings. The van der Waals surface area contributed by atoms with Gasteiger partial charge < -0.3 is 9.47 Å². The molecule has 0 aliphatic carbocycles. The van der Waals surface area contributed by atoms with Crippen molar-refractivity contribution in [3.8, 4) is 0 Å². The molecule has 0 aromatic carbocycles. The fourth-order valence-electron chi connectivity index (χ4n) is 3.08. The molecule has 0 saturated heterocycles. The minimum atomic E-state index is -0.382. The van der Waals surface area contributed by atoms with Gasteiger partial charge in [-0.15, -0.1) is 0 Å². The first-order chi connectivity index (χ1) is 13.2. The Labute approximate surface area is 173 Å². The van der Waals surface area contributed by atoms with Crippen molar-refractivity contribution in [1.82, 2.24) is 0 Å². The molecule has 0 aromatic heterocycles. The molecule has 0 amide bonds. The molecular weight excluding hydrogens is 352 g/mol. The zero-order valence-corrected chi connectivity index (χ0v) is 19.1. The lowest BCUT2D eigenvalue weighted by molar-refractivity contribution is -0.155. The standard InChI is InChI=1S/C24H44O4/c1-6-7-8-15-18-22(27-21(2)25)19-16-13-11-9-10-12-14-17-20-23(26)28-24(3,4)5/h13,16,22H,6-12,14-15,17-20H2,1-5H3/b16-13+. The summed E-state index contributed by atoms with van der Waals surface area (Å²) in [6.07, 6.45) is 18.1. The van der Waals surface area contributed by atoms with E-state index in [1.54, 1.807) is 0 Å². The summed E-state index contributed by atoms with van der Waals surface area (Å²) in [6, 6.07) is 0. The molecule has 0 bridgehead atoms. The number of hydrogen-bond acceptors (Lipinski definition) is 4. The summed E-state index contributed by atoms with van der Waals surface area (Å²) in [4.78, 5) is 22.9. The van der Waals surface area contributed by atoms with Crippen LogP contribution in [-0.4, -0.2) is 23.6 Å². The van der Waals surface area contributed by atoms with E-state index in [1.165, 1.54) is 32.6 Å². The highest BCUT2D eigenvalue weighted by Gasteiger charge is 2.15. The zero-order chi connectivity index (χ0) is 21.3. The van der Waals surface area contributed by atoms with Gasteiger partial charge >= 0.3 is 11.9 Å². The number of rotatable bonds is 16. The fourth-order valence-corrected chi connectivity index (χ4v) is 3.08. The normalized spacial score (nSPS) is 12.9. The summed E-state index contributed by atoms with van der Waals surface area (Å²) < 4.78 is 10.7. The highest BCUT2D eigenvalue weighted by Crippen LogP contribution is 2.14. The third-order valence-corrected chi connectivity index (χ3v) is 4.45. The fraction of sp³-hybridized carbons (Fsp3) is 0.833. The van der Waals surface area contributed by atoms with Crippen LogP contribution in [0.1, 0.15) is 118 Å². The van der Waals surface area contributed by atoms with Gasteiger partial charge in [-0.1, -0.05) is 57.6 Å².